The molecule has 1 fully saturated rings. The van der Waals surface area contributed by atoms with Gasteiger partial charge >= 0.3 is 0 Å². The van der Waals surface area contributed by atoms with Gasteiger partial charge in [-0.3, -0.25) is 0 Å². The quantitative estimate of drug-likeness (QED) is 0.298. The standard InChI is InChI=1S/C26H29N9OS/c1-18-4-3-5-22(30-18)25-28-16-12-23(33-25)32-24-13-17-29-26(34-24)31-19-6-8-21(9-7-19)37(36)35(2)20-10-14-27-15-11-20/h3-9,12-13,16-17,20,27H,10-11,14-15H2,1-2H3,(H2,28,29,31,32,33,34). The van der Waals surface area contributed by atoms with Gasteiger partial charge in [-0.25, -0.2) is 19.9 Å². The van der Waals surface area contributed by atoms with E-state index < -0.39 is 11.4 Å². The summed E-state index contributed by atoms with van der Waals surface area (Å²) in [7, 11) is 1.93. The van der Waals surface area contributed by atoms with Crippen LogP contribution in [0.1, 0.15) is 18.5 Å². The molecule has 1 aliphatic rings. The van der Waals surface area contributed by atoms with Crippen molar-refractivity contribution >= 4 is 34.6 Å². The minimum absolute atomic E-state index is 0.322. The number of aromatic nitrogens is 5. The molecule has 1 unspecified atom stereocenters. The Bertz CT molecular complexity index is 1330. The zero-order valence-corrected chi connectivity index (χ0v) is 21.6. The highest BCUT2D eigenvalue weighted by Gasteiger charge is 2.28. The van der Waals surface area contributed by atoms with Crippen molar-refractivity contribution in [2.24, 2.45) is 0 Å². The molecule has 5 rings (SSSR count). The van der Waals surface area contributed by atoms with Gasteiger partial charge in [0.1, 0.15) is 17.3 Å². The van der Waals surface area contributed by atoms with Crippen LogP contribution in [0.15, 0.2) is 71.9 Å². The minimum Gasteiger partial charge on any atom is -0.593 e. The lowest BCUT2D eigenvalue weighted by Gasteiger charge is -2.31. The summed E-state index contributed by atoms with van der Waals surface area (Å²) in [6.45, 7) is 3.86. The summed E-state index contributed by atoms with van der Waals surface area (Å²) in [5.74, 6) is 2.15. The maximum Gasteiger partial charge on any atom is 0.229 e. The SMILES string of the molecule is Cc1cccc(-c2nccc(Nc3ccnc(Nc4ccc([S+]([O-])N(C)C5CCNCC5)cc4)n3)n2)n1. The molecule has 0 radical (unpaired) electrons. The van der Waals surface area contributed by atoms with Crippen LogP contribution in [-0.2, 0) is 11.4 Å². The van der Waals surface area contributed by atoms with Gasteiger partial charge in [0.05, 0.1) is 17.4 Å². The Balaban J connectivity index is 1.24. The third-order valence-electron chi connectivity index (χ3n) is 6.08. The van der Waals surface area contributed by atoms with Gasteiger partial charge in [-0.05, 0) is 81.4 Å². The van der Waals surface area contributed by atoms with Gasteiger partial charge in [-0.1, -0.05) is 6.07 Å². The Morgan fingerprint density at radius 3 is 2.38 bits per heavy atom. The van der Waals surface area contributed by atoms with Crippen LogP contribution in [0.3, 0.4) is 0 Å². The lowest BCUT2D eigenvalue weighted by molar-refractivity contribution is 0.296. The first-order chi connectivity index (χ1) is 18.0. The van der Waals surface area contributed by atoms with Crippen molar-refractivity contribution in [2.45, 2.75) is 30.7 Å². The van der Waals surface area contributed by atoms with Gasteiger partial charge < -0.3 is 20.5 Å². The Morgan fingerprint density at radius 1 is 0.892 bits per heavy atom. The molecule has 190 valence electrons. The number of hydrogen-bond donors (Lipinski definition) is 3. The van der Waals surface area contributed by atoms with Gasteiger partial charge in [0.15, 0.2) is 10.7 Å². The van der Waals surface area contributed by atoms with Gasteiger partial charge in [-0.15, -0.1) is 4.31 Å². The molecule has 3 N–H and O–H groups in total. The Labute approximate surface area is 219 Å². The number of nitrogens with one attached hydrogen (secondary N) is 3. The zero-order valence-electron chi connectivity index (χ0n) is 20.8. The molecule has 1 aromatic carbocycles. The second kappa shape index (κ2) is 11.6. The van der Waals surface area contributed by atoms with Crippen molar-refractivity contribution in [2.75, 3.05) is 30.8 Å². The van der Waals surface area contributed by atoms with Crippen LogP contribution in [0.5, 0.6) is 0 Å². The maximum atomic E-state index is 13.0. The van der Waals surface area contributed by atoms with E-state index in [1.807, 2.05) is 60.7 Å². The average molecular weight is 516 g/mol. The summed E-state index contributed by atoms with van der Waals surface area (Å²) in [4.78, 5) is 23.0. The van der Waals surface area contributed by atoms with Crippen molar-refractivity contribution in [3.8, 4) is 11.5 Å². The molecule has 0 saturated carbocycles. The molecule has 0 aliphatic carbocycles. The lowest BCUT2D eigenvalue weighted by atomic mass is 10.1. The monoisotopic (exact) mass is 515 g/mol. The molecular weight excluding hydrogens is 486 g/mol. The van der Waals surface area contributed by atoms with Gasteiger partial charge in [-0.2, -0.15) is 4.98 Å². The topological polar surface area (TPSA) is 127 Å². The molecule has 10 nitrogen and oxygen atoms in total. The van der Waals surface area contributed by atoms with Crippen LogP contribution in [0.2, 0.25) is 0 Å². The molecule has 1 saturated heterocycles. The van der Waals surface area contributed by atoms with Crippen molar-refractivity contribution in [3.63, 3.8) is 0 Å². The molecule has 4 heterocycles. The van der Waals surface area contributed by atoms with Crippen LogP contribution >= 0.6 is 0 Å². The van der Waals surface area contributed by atoms with E-state index in [1.54, 1.807) is 24.5 Å². The summed E-state index contributed by atoms with van der Waals surface area (Å²) in [5.41, 5.74) is 2.41. The lowest BCUT2D eigenvalue weighted by Crippen LogP contribution is -2.43. The van der Waals surface area contributed by atoms with Crippen LogP contribution in [0, 0.1) is 6.92 Å². The summed E-state index contributed by atoms with van der Waals surface area (Å²) >= 11 is -1.20. The number of rotatable bonds is 8. The van der Waals surface area contributed by atoms with E-state index in [2.05, 4.69) is 40.9 Å². The fourth-order valence-electron chi connectivity index (χ4n) is 4.09. The van der Waals surface area contributed by atoms with E-state index in [9.17, 15) is 4.55 Å². The highest BCUT2D eigenvalue weighted by atomic mass is 32.2. The molecule has 3 aromatic heterocycles. The maximum absolute atomic E-state index is 13.0. The van der Waals surface area contributed by atoms with E-state index in [-0.39, 0.29) is 0 Å². The summed E-state index contributed by atoms with van der Waals surface area (Å²) in [5, 5.41) is 9.76. The average Bonchev–Trinajstić information content (AvgIpc) is 2.93. The highest BCUT2D eigenvalue weighted by Crippen LogP contribution is 2.24. The van der Waals surface area contributed by atoms with Crippen LogP contribution in [0.25, 0.3) is 11.5 Å². The van der Waals surface area contributed by atoms with Gasteiger partial charge in [0.25, 0.3) is 0 Å². The van der Waals surface area contributed by atoms with Crippen molar-refractivity contribution < 1.29 is 4.55 Å². The molecule has 0 bridgehead atoms. The second-order valence-electron chi connectivity index (χ2n) is 8.75. The number of nitrogens with zero attached hydrogens (tertiary/aromatic N) is 6. The van der Waals surface area contributed by atoms with E-state index >= 15 is 0 Å². The number of pyridine rings is 1. The molecule has 4 aromatic rings. The summed E-state index contributed by atoms with van der Waals surface area (Å²) in [6.07, 6.45) is 5.36. The van der Waals surface area contributed by atoms with E-state index in [0.717, 1.165) is 42.2 Å². The van der Waals surface area contributed by atoms with Crippen molar-refractivity contribution in [3.05, 3.63) is 72.7 Å². The fourth-order valence-corrected chi connectivity index (χ4v) is 5.28. The van der Waals surface area contributed by atoms with Gasteiger partial charge in [0, 0.05) is 30.8 Å². The normalized spacial score (nSPS) is 14.9. The minimum atomic E-state index is -1.20. The second-order valence-corrected chi connectivity index (χ2v) is 10.3. The number of anilines is 4. The summed E-state index contributed by atoms with van der Waals surface area (Å²) in [6, 6.07) is 17.1. The smallest absolute Gasteiger partial charge is 0.229 e. The van der Waals surface area contributed by atoms with Crippen LogP contribution < -0.4 is 16.0 Å². The number of piperidine rings is 1. The van der Waals surface area contributed by atoms with E-state index in [0.29, 0.717) is 35.1 Å². The number of benzene rings is 1. The predicted molar refractivity (Wildman–Crippen MR) is 145 cm³/mol. The van der Waals surface area contributed by atoms with Gasteiger partial charge in [0.2, 0.25) is 5.95 Å². The van der Waals surface area contributed by atoms with Crippen molar-refractivity contribution in [1.82, 2.24) is 34.5 Å². The first-order valence-corrected chi connectivity index (χ1v) is 13.3. The third kappa shape index (κ3) is 6.38. The van der Waals surface area contributed by atoms with E-state index in [1.165, 1.54) is 0 Å². The van der Waals surface area contributed by atoms with E-state index in [4.69, 9.17) is 0 Å². The van der Waals surface area contributed by atoms with Crippen LogP contribution in [0.4, 0.5) is 23.3 Å². The number of aryl methyl sites for hydroxylation is 1. The molecule has 0 spiro atoms. The Hall–Kier alpha value is -3.64. The fraction of sp³-hybridized carbons (Fsp3) is 0.269. The molecular formula is C26H29N9OS. The molecule has 1 atom stereocenters. The van der Waals surface area contributed by atoms with Crippen molar-refractivity contribution in [1.29, 1.82) is 0 Å². The first kappa shape index (κ1) is 25.0. The Kier molecular flexibility index (Phi) is 7.85. The molecule has 1 aliphatic heterocycles. The molecule has 0 amide bonds. The predicted octanol–water partition coefficient (Wildman–Crippen LogP) is 3.83. The highest BCUT2D eigenvalue weighted by molar-refractivity contribution is 7.89. The number of hydrogen-bond acceptors (Lipinski definition) is 10. The van der Waals surface area contributed by atoms with Crippen LogP contribution in [-0.4, -0.2) is 60.0 Å². The zero-order chi connectivity index (χ0) is 25.6. The Morgan fingerprint density at radius 2 is 1.62 bits per heavy atom. The molecule has 37 heavy (non-hydrogen) atoms. The first-order valence-electron chi connectivity index (χ1n) is 12.1. The molecule has 11 heteroatoms. The largest absolute Gasteiger partial charge is 0.593 e. The third-order valence-corrected chi connectivity index (χ3v) is 7.58. The summed E-state index contributed by atoms with van der Waals surface area (Å²) < 4.78 is 15.0.